The summed E-state index contributed by atoms with van der Waals surface area (Å²) in [6.45, 7) is 0.456. The lowest BCUT2D eigenvalue weighted by Crippen LogP contribution is -2.30. The first-order valence-corrected chi connectivity index (χ1v) is 7.66. The fraction of sp³-hybridized carbons (Fsp3) is 0.438. The van der Waals surface area contributed by atoms with E-state index >= 15 is 0 Å². The standard InChI is InChI=1S/C16H18F3N3O2/c17-16(18,19)15(24)22-13-10-12(7-9-20-13)14(23)21-8-6-11-4-2-1-3-5-11/h4,7,9-10H,1-3,5-6,8H2,(H,21,23)(H,20,22,24). The van der Waals surface area contributed by atoms with E-state index in [1.807, 2.05) is 0 Å². The molecule has 1 heterocycles. The molecule has 2 N–H and O–H groups in total. The smallest absolute Gasteiger partial charge is 0.352 e. The number of hydrogen-bond donors (Lipinski definition) is 2. The molecule has 0 aromatic carbocycles. The number of nitrogens with one attached hydrogen (secondary N) is 2. The number of alkyl halides is 3. The van der Waals surface area contributed by atoms with E-state index in [4.69, 9.17) is 0 Å². The van der Waals surface area contributed by atoms with Gasteiger partial charge < -0.3 is 10.6 Å². The number of pyridine rings is 1. The number of allylic oxidation sites excluding steroid dienone is 1. The molecule has 0 fully saturated rings. The summed E-state index contributed by atoms with van der Waals surface area (Å²) in [5.74, 6) is -2.87. The molecule has 2 amide bonds. The van der Waals surface area contributed by atoms with Gasteiger partial charge in [-0.3, -0.25) is 9.59 Å². The van der Waals surface area contributed by atoms with Crippen LogP contribution in [0.15, 0.2) is 30.0 Å². The average molecular weight is 341 g/mol. The number of carbonyl (C=O) groups excluding carboxylic acids is 2. The second-order valence-electron chi connectivity index (χ2n) is 5.50. The molecule has 5 nitrogen and oxygen atoms in total. The Balaban J connectivity index is 1.89. The van der Waals surface area contributed by atoms with Crippen molar-refractivity contribution in [1.29, 1.82) is 0 Å². The van der Waals surface area contributed by atoms with Crippen LogP contribution in [-0.2, 0) is 4.79 Å². The highest BCUT2D eigenvalue weighted by Crippen LogP contribution is 2.20. The zero-order chi connectivity index (χ0) is 17.6. The Morgan fingerprint density at radius 3 is 2.71 bits per heavy atom. The Labute approximate surface area is 137 Å². The van der Waals surface area contributed by atoms with Crippen molar-refractivity contribution < 1.29 is 22.8 Å². The van der Waals surface area contributed by atoms with Gasteiger partial charge >= 0.3 is 12.1 Å². The van der Waals surface area contributed by atoms with E-state index in [-0.39, 0.29) is 11.4 Å². The topological polar surface area (TPSA) is 71.1 Å². The van der Waals surface area contributed by atoms with Crippen molar-refractivity contribution in [2.24, 2.45) is 0 Å². The van der Waals surface area contributed by atoms with Crippen LogP contribution in [0.5, 0.6) is 0 Å². The highest BCUT2D eigenvalue weighted by molar-refractivity contribution is 5.97. The van der Waals surface area contributed by atoms with E-state index in [9.17, 15) is 22.8 Å². The van der Waals surface area contributed by atoms with Crippen LogP contribution in [0.1, 0.15) is 42.5 Å². The van der Waals surface area contributed by atoms with E-state index < -0.39 is 18.0 Å². The molecule has 0 unspecified atom stereocenters. The Morgan fingerprint density at radius 2 is 2.04 bits per heavy atom. The molecule has 1 aliphatic carbocycles. The van der Waals surface area contributed by atoms with Crippen LogP contribution in [0.4, 0.5) is 19.0 Å². The molecular formula is C16H18F3N3O2. The van der Waals surface area contributed by atoms with Gasteiger partial charge in [-0.1, -0.05) is 11.6 Å². The molecule has 2 rings (SSSR count). The van der Waals surface area contributed by atoms with Crippen molar-refractivity contribution in [2.75, 3.05) is 11.9 Å². The van der Waals surface area contributed by atoms with Gasteiger partial charge in [0.1, 0.15) is 5.82 Å². The van der Waals surface area contributed by atoms with Crippen molar-refractivity contribution in [3.63, 3.8) is 0 Å². The number of rotatable bonds is 5. The number of anilines is 1. The molecule has 1 aromatic rings. The molecule has 0 radical (unpaired) electrons. The Morgan fingerprint density at radius 1 is 1.25 bits per heavy atom. The molecule has 0 spiro atoms. The van der Waals surface area contributed by atoms with Gasteiger partial charge in [0.05, 0.1) is 0 Å². The van der Waals surface area contributed by atoms with E-state index in [0.29, 0.717) is 6.54 Å². The molecule has 24 heavy (non-hydrogen) atoms. The molecule has 0 atom stereocenters. The minimum atomic E-state index is -5.01. The first kappa shape index (κ1) is 18.0. The summed E-state index contributed by atoms with van der Waals surface area (Å²) in [4.78, 5) is 26.5. The lowest BCUT2D eigenvalue weighted by Gasteiger charge is -2.13. The summed E-state index contributed by atoms with van der Waals surface area (Å²) in [6.07, 6.45) is 3.57. The largest absolute Gasteiger partial charge is 0.471 e. The van der Waals surface area contributed by atoms with E-state index in [2.05, 4.69) is 16.4 Å². The van der Waals surface area contributed by atoms with Crippen LogP contribution < -0.4 is 10.6 Å². The van der Waals surface area contributed by atoms with E-state index in [1.165, 1.54) is 24.3 Å². The first-order chi connectivity index (χ1) is 11.4. The zero-order valence-electron chi connectivity index (χ0n) is 12.9. The molecule has 8 heteroatoms. The van der Waals surface area contributed by atoms with Crippen molar-refractivity contribution in [3.8, 4) is 0 Å². The van der Waals surface area contributed by atoms with Crippen LogP contribution in [-0.4, -0.2) is 29.5 Å². The van der Waals surface area contributed by atoms with Crippen LogP contribution in [0.25, 0.3) is 0 Å². The lowest BCUT2D eigenvalue weighted by atomic mass is 9.97. The summed E-state index contributed by atoms with van der Waals surface area (Å²) >= 11 is 0. The Kier molecular flexibility index (Phi) is 5.94. The van der Waals surface area contributed by atoms with Crippen molar-refractivity contribution in [3.05, 3.63) is 35.5 Å². The first-order valence-electron chi connectivity index (χ1n) is 7.66. The fourth-order valence-corrected chi connectivity index (χ4v) is 2.40. The van der Waals surface area contributed by atoms with Gasteiger partial charge in [0, 0.05) is 18.3 Å². The summed E-state index contributed by atoms with van der Waals surface area (Å²) in [5.41, 5.74) is 1.45. The van der Waals surface area contributed by atoms with E-state index in [0.717, 1.165) is 31.7 Å². The Bertz CT molecular complexity index is 642. The summed E-state index contributed by atoms with van der Waals surface area (Å²) in [5, 5.41) is 4.34. The third-order valence-electron chi connectivity index (χ3n) is 3.64. The number of aromatic nitrogens is 1. The number of amides is 2. The highest BCUT2D eigenvalue weighted by atomic mass is 19.4. The van der Waals surface area contributed by atoms with Gasteiger partial charge in [-0.2, -0.15) is 13.2 Å². The number of nitrogens with zero attached hydrogens (tertiary/aromatic N) is 1. The Hall–Kier alpha value is -2.38. The molecule has 1 aliphatic rings. The van der Waals surface area contributed by atoms with Crippen molar-refractivity contribution in [2.45, 2.75) is 38.3 Å². The predicted molar refractivity (Wildman–Crippen MR) is 82.4 cm³/mol. The molecule has 0 saturated heterocycles. The molecule has 1 aromatic heterocycles. The van der Waals surface area contributed by atoms with Gasteiger partial charge in [0.2, 0.25) is 0 Å². The summed E-state index contributed by atoms with van der Waals surface area (Å²) in [7, 11) is 0. The zero-order valence-corrected chi connectivity index (χ0v) is 12.9. The molecule has 0 saturated carbocycles. The quantitative estimate of drug-likeness (QED) is 0.808. The normalized spacial score (nSPS) is 14.7. The minimum Gasteiger partial charge on any atom is -0.352 e. The number of hydrogen-bond acceptors (Lipinski definition) is 3. The third kappa shape index (κ3) is 5.36. The van der Waals surface area contributed by atoms with Gasteiger partial charge in [0.25, 0.3) is 5.91 Å². The van der Waals surface area contributed by atoms with Crippen molar-refractivity contribution >= 4 is 17.6 Å². The molecule has 0 aliphatic heterocycles. The SMILES string of the molecule is O=C(NCCC1=CCCCC1)c1ccnc(NC(=O)C(F)(F)F)c1. The van der Waals surface area contributed by atoms with Crippen molar-refractivity contribution in [1.82, 2.24) is 10.3 Å². The van der Waals surface area contributed by atoms with Crippen LogP contribution in [0, 0.1) is 0 Å². The predicted octanol–water partition coefficient (Wildman–Crippen LogP) is 3.20. The fourth-order valence-electron chi connectivity index (χ4n) is 2.40. The summed E-state index contributed by atoms with van der Waals surface area (Å²) in [6, 6.07) is 2.48. The minimum absolute atomic E-state index is 0.139. The lowest BCUT2D eigenvalue weighted by molar-refractivity contribution is -0.167. The average Bonchev–Trinajstić information content (AvgIpc) is 2.55. The van der Waals surface area contributed by atoms with Gasteiger partial charge in [-0.05, 0) is 44.2 Å². The molecule has 130 valence electrons. The number of halogens is 3. The highest BCUT2D eigenvalue weighted by Gasteiger charge is 2.38. The van der Waals surface area contributed by atoms with Crippen LogP contribution in [0.3, 0.4) is 0 Å². The molecule has 0 bridgehead atoms. The third-order valence-corrected chi connectivity index (χ3v) is 3.64. The van der Waals surface area contributed by atoms with Gasteiger partial charge in [-0.25, -0.2) is 4.98 Å². The maximum Gasteiger partial charge on any atom is 0.471 e. The maximum atomic E-state index is 12.2. The number of carbonyl (C=O) groups is 2. The maximum absolute atomic E-state index is 12.2. The summed E-state index contributed by atoms with van der Waals surface area (Å²) < 4.78 is 36.6. The second-order valence-corrected chi connectivity index (χ2v) is 5.50. The van der Waals surface area contributed by atoms with Gasteiger partial charge in [-0.15, -0.1) is 0 Å². The van der Waals surface area contributed by atoms with Crippen LogP contribution in [0.2, 0.25) is 0 Å². The van der Waals surface area contributed by atoms with Gasteiger partial charge in [0.15, 0.2) is 0 Å². The monoisotopic (exact) mass is 341 g/mol. The molecular weight excluding hydrogens is 323 g/mol. The van der Waals surface area contributed by atoms with Crippen LogP contribution >= 0.6 is 0 Å². The van der Waals surface area contributed by atoms with E-state index in [1.54, 1.807) is 5.32 Å². The second kappa shape index (κ2) is 7.94.